The molecule has 2 N–H and O–H groups in total. The summed E-state index contributed by atoms with van der Waals surface area (Å²) in [6.45, 7) is 11.0. The Bertz CT molecular complexity index is 312. The van der Waals surface area contributed by atoms with Gasteiger partial charge in [0.1, 0.15) is 0 Å². The third kappa shape index (κ3) is 5.41. The van der Waals surface area contributed by atoms with Crippen LogP contribution in [0.25, 0.3) is 0 Å². The quantitative estimate of drug-likeness (QED) is 0.786. The molecule has 0 radical (unpaired) electrons. The molecular weight excluding hydrogens is 252 g/mol. The Morgan fingerprint density at radius 2 is 2.00 bits per heavy atom. The van der Waals surface area contributed by atoms with Crippen molar-refractivity contribution in [3.63, 3.8) is 0 Å². The van der Waals surface area contributed by atoms with Gasteiger partial charge in [0, 0.05) is 12.6 Å². The summed E-state index contributed by atoms with van der Waals surface area (Å²) in [4.78, 5) is 14.4. The molecule has 0 aromatic carbocycles. The molecule has 20 heavy (non-hydrogen) atoms. The van der Waals surface area contributed by atoms with Crippen molar-refractivity contribution in [3.05, 3.63) is 0 Å². The second-order valence-corrected chi connectivity index (χ2v) is 6.93. The second-order valence-electron chi connectivity index (χ2n) is 6.93. The van der Waals surface area contributed by atoms with Gasteiger partial charge in [-0.3, -0.25) is 9.69 Å². The van der Waals surface area contributed by atoms with Crippen molar-refractivity contribution in [3.8, 4) is 0 Å². The van der Waals surface area contributed by atoms with Crippen LogP contribution in [0.5, 0.6) is 0 Å². The number of carbonyl (C=O) groups is 1. The van der Waals surface area contributed by atoms with Crippen LogP contribution in [-0.4, -0.2) is 46.7 Å². The highest BCUT2D eigenvalue weighted by Crippen LogP contribution is 2.24. The number of aliphatic hydroxyl groups is 1. The molecule has 1 rings (SSSR count). The van der Waals surface area contributed by atoms with E-state index in [-0.39, 0.29) is 11.9 Å². The topological polar surface area (TPSA) is 52.6 Å². The van der Waals surface area contributed by atoms with Crippen LogP contribution in [-0.2, 0) is 4.79 Å². The zero-order chi connectivity index (χ0) is 15.3. The average molecular weight is 284 g/mol. The zero-order valence-corrected chi connectivity index (χ0v) is 13.8. The van der Waals surface area contributed by atoms with E-state index in [0.29, 0.717) is 18.5 Å². The molecule has 1 aliphatic rings. The molecular formula is C16H32N2O2. The molecule has 0 spiro atoms. The van der Waals surface area contributed by atoms with Crippen molar-refractivity contribution in [2.45, 2.75) is 78.0 Å². The molecule has 0 saturated heterocycles. The minimum absolute atomic E-state index is 0.0925. The maximum atomic E-state index is 12.4. The average Bonchev–Trinajstić information content (AvgIpc) is 2.36. The standard InChI is InChI=1S/C16H32N2O2/c1-6-18(11-16(4,5)20)13(3)15(19)17-14-10-8-7-9-12(14)2/h12-14,20H,6-11H2,1-5H3,(H,17,19). The molecule has 0 aliphatic heterocycles. The summed E-state index contributed by atoms with van der Waals surface area (Å²) in [5.74, 6) is 0.666. The van der Waals surface area contributed by atoms with Crippen LogP contribution < -0.4 is 5.32 Å². The van der Waals surface area contributed by atoms with Gasteiger partial charge in [0.05, 0.1) is 11.6 Å². The molecule has 1 fully saturated rings. The molecule has 0 aromatic heterocycles. The van der Waals surface area contributed by atoms with Gasteiger partial charge in [-0.15, -0.1) is 0 Å². The Morgan fingerprint density at radius 1 is 1.40 bits per heavy atom. The van der Waals surface area contributed by atoms with Gasteiger partial charge >= 0.3 is 0 Å². The molecule has 118 valence electrons. The van der Waals surface area contributed by atoms with Gasteiger partial charge in [0.25, 0.3) is 0 Å². The van der Waals surface area contributed by atoms with E-state index in [1.54, 1.807) is 13.8 Å². The largest absolute Gasteiger partial charge is 0.389 e. The van der Waals surface area contributed by atoms with Crippen molar-refractivity contribution >= 4 is 5.91 Å². The van der Waals surface area contributed by atoms with Gasteiger partial charge in [-0.25, -0.2) is 0 Å². The maximum Gasteiger partial charge on any atom is 0.237 e. The highest BCUT2D eigenvalue weighted by Gasteiger charge is 2.29. The van der Waals surface area contributed by atoms with E-state index >= 15 is 0 Å². The summed E-state index contributed by atoms with van der Waals surface area (Å²) in [5.41, 5.74) is -0.775. The fraction of sp³-hybridized carbons (Fsp3) is 0.938. The molecule has 4 heteroatoms. The van der Waals surface area contributed by atoms with Gasteiger partial charge in [-0.1, -0.05) is 26.7 Å². The molecule has 4 nitrogen and oxygen atoms in total. The van der Waals surface area contributed by atoms with E-state index in [4.69, 9.17) is 0 Å². The molecule has 1 aliphatic carbocycles. The van der Waals surface area contributed by atoms with Crippen LogP contribution in [0.1, 0.15) is 60.3 Å². The van der Waals surface area contributed by atoms with Gasteiger partial charge < -0.3 is 10.4 Å². The Balaban J connectivity index is 2.55. The predicted octanol–water partition coefficient (Wildman–Crippen LogP) is 2.16. The number of nitrogens with one attached hydrogen (secondary N) is 1. The van der Waals surface area contributed by atoms with Crippen LogP contribution in [0.4, 0.5) is 0 Å². The molecule has 3 unspecified atom stereocenters. The van der Waals surface area contributed by atoms with E-state index in [2.05, 4.69) is 12.2 Å². The van der Waals surface area contributed by atoms with Gasteiger partial charge in [0.15, 0.2) is 0 Å². The molecule has 0 heterocycles. The number of amides is 1. The van der Waals surface area contributed by atoms with Gasteiger partial charge in [-0.2, -0.15) is 0 Å². The third-order valence-corrected chi connectivity index (χ3v) is 4.36. The van der Waals surface area contributed by atoms with Gasteiger partial charge in [0.2, 0.25) is 5.91 Å². The number of hydrogen-bond donors (Lipinski definition) is 2. The Labute approximate surface area is 123 Å². The van der Waals surface area contributed by atoms with Crippen molar-refractivity contribution in [2.75, 3.05) is 13.1 Å². The first kappa shape index (κ1) is 17.4. The fourth-order valence-corrected chi connectivity index (χ4v) is 3.02. The summed E-state index contributed by atoms with van der Waals surface area (Å²) >= 11 is 0. The molecule has 0 aromatic rings. The van der Waals surface area contributed by atoms with Crippen LogP contribution in [0.3, 0.4) is 0 Å². The maximum absolute atomic E-state index is 12.4. The predicted molar refractivity (Wildman–Crippen MR) is 82.6 cm³/mol. The van der Waals surface area contributed by atoms with Crippen LogP contribution in [0.15, 0.2) is 0 Å². The fourth-order valence-electron chi connectivity index (χ4n) is 3.02. The first-order chi connectivity index (χ1) is 9.24. The van der Waals surface area contributed by atoms with Gasteiger partial charge in [-0.05, 0) is 46.1 Å². The lowest BCUT2D eigenvalue weighted by atomic mass is 9.86. The van der Waals surface area contributed by atoms with E-state index in [1.807, 2.05) is 18.7 Å². The Morgan fingerprint density at radius 3 is 2.50 bits per heavy atom. The number of carbonyl (C=O) groups excluding carboxylic acids is 1. The van der Waals surface area contributed by atoms with Crippen LogP contribution >= 0.6 is 0 Å². The summed E-state index contributed by atoms with van der Waals surface area (Å²) in [5, 5.41) is 13.1. The van der Waals surface area contributed by atoms with Crippen molar-refractivity contribution in [2.24, 2.45) is 5.92 Å². The van der Waals surface area contributed by atoms with E-state index < -0.39 is 5.60 Å². The highest BCUT2D eigenvalue weighted by atomic mass is 16.3. The third-order valence-electron chi connectivity index (χ3n) is 4.36. The normalized spacial score (nSPS) is 25.6. The summed E-state index contributed by atoms with van der Waals surface area (Å²) in [7, 11) is 0. The lowest BCUT2D eigenvalue weighted by Gasteiger charge is -2.35. The van der Waals surface area contributed by atoms with Crippen molar-refractivity contribution in [1.29, 1.82) is 0 Å². The second kappa shape index (κ2) is 7.41. The first-order valence-corrected chi connectivity index (χ1v) is 8.01. The zero-order valence-electron chi connectivity index (χ0n) is 13.8. The minimum Gasteiger partial charge on any atom is -0.389 e. The summed E-state index contributed by atoms with van der Waals surface area (Å²) < 4.78 is 0. The number of nitrogens with zero attached hydrogens (tertiary/aromatic N) is 1. The van der Waals surface area contributed by atoms with E-state index in [1.165, 1.54) is 19.3 Å². The van der Waals surface area contributed by atoms with Crippen molar-refractivity contribution < 1.29 is 9.90 Å². The monoisotopic (exact) mass is 284 g/mol. The molecule has 0 bridgehead atoms. The van der Waals surface area contributed by atoms with Crippen LogP contribution in [0, 0.1) is 5.92 Å². The number of likely N-dealkylation sites (N-methyl/N-ethyl adjacent to an activating group) is 1. The summed E-state index contributed by atoms with van der Waals surface area (Å²) in [6.07, 6.45) is 4.80. The molecule has 1 amide bonds. The Kier molecular flexibility index (Phi) is 6.46. The SMILES string of the molecule is CCN(CC(C)(C)O)C(C)C(=O)NC1CCCCC1C. The van der Waals surface area contributed by atoms with Crippen molar-refractivity contribution in [1.82, 2.24) is 10.2 Å². The van der Waals surface area contributed by atoms with E-state index in [9.17, 15) is 9.90 Å². The summed E-state index contributed by atoms with van der Waals surface area (Å²) in [6, 6.07) is 0.125. The lowest BCUT2D eigenvalue weighted by Crippen LogP contribution is -2.53. The molecule has 1 saturated carbocycles. The van der Waals surface area contributed by atoms with E-state index in [0.717, 1.165) is 13.0 Å². The first-order valence-electron chi connectivity index (χ1n) is 8.01. The lowest BCUT2D eigenvalue weighted by molar-refractivity contribution is -0.128. The minimum atomic E-state index is -0.775. The number of rotatable bonds is 6. The highest BCUT2D eigenvalue weighted by molar-refractivity contribution is 5.81. The molecule has 3 atom stereocenters. The Hall–Kier alpha value is -0.610. The van der Waals surface area contributed by atoms with Crippen LogP contribution in [0.2, 0.25) is 0 Å². The number of hydrogen-bond acceptors (Lipinski definition) is 3. The smallest absolute Gasteiger partial charge is 0.237 e.